The van der Waals surface area contributed by atoms with Gasteiger partial charge in [0.1, 0.15) is 5.54 Å². The molecule has 0 aliphatic carbocycles. The Kier molecular flexibility index (Phi) is 3.54. The average molecular weight is 292 g/mol. The molecule has 0 radical (unpaired) electrons. The highest BCUT2D eigenvalue weighted by atomic mass is 16.6. The Hall–Kier alpha value is -2.64. The first-order chi connectivity index (χ1) is 9.78. The molecule has 2 rings (SSSR count). The fourth-order valence-corrected chi connectivity index (χ4v) is 2.14. The minimum atomic E-state index is -0.938. The Morgan fingerprint density at radius 3 is 2.62 bits per heavy atom. The van der Waals surface area contributed by atoms with Crippen LogP contribution in [0.25, 0.3) is 0 Å². The zero-order chi connectivity index (χ0) is 15.8. The molecule has 1 saturated heterocycles. The lowest BCUT2D eigenvalue weighted by atomic mass is 9.99. The number of anilines is 1. The lowest BCUT2D eigenvalue weighted by Gasteiger charge is -2.19. The van der Waals surface area contributed by atoms with Crippen LogP contribution in [0.3, 0.4) is 0 Å². The normalized spacial score (nSPS) is 21.5. The highest BCUT2D eigenvalue weighted by molar-refractivity contribution is 6.06. The summed E-state index contributed by atoms with van der Waals surface area (Å²) in [4.78, 5) is 35.4. The number of carbonyl (C=O) groups excluding carboxylic acids is 2. The maximum absolute atomic E-state index is 12.3. The summed E-state index contributed by atoms with van der Waals surface area (Å²) in [6.07, 6.45) is 0.457. The van der Waals surface area contributed by atoms with Gasteiger partial charge in [-0.25, -0.2) is 4.79 Å². The highest BCUT2D eigenvalue weighted by Gasteiger charge is 2.46. The van der Waals surface area contributed by atoms with Gasteiger partial charge in [0.15, 0.2) is 0 Å². The predicted molar refractivity (Wildman–Crippen MR) is 75.3 cm³/mol. The molecular weight excluding hydrogens is 276 g/mol. The summed E-state index contributed by atoms with van der Waals surface area (Å²) in [5.74, 6) is -0.360. The van der Waals surface area contributed by atoms with Crippen LogP contribution >= 0.6 is 0 Å². The number of benzene rings is 1. The molecule has 21 heavy (non-hydrogen) atoms. The second kappa shape index (κ2) is 5.04. The van der Waals surface area contributed by atoms with Gasteiger partial charge in [-0.15, -0.1) is 0 Å². The van der Waals surface area contributed by atoms with Gasteiger partial charge in [0.05, 0.1) is 11.5 Å². The number of hydrogen-bond acceptors (Lipinski definition) is 5. The molecule has 0 bridgehead atoms. The summed E-state index contributed by atoms with van der Waals surface area (Å²) in [6, 6.07) is 3.43. The van der Waals surface area contributed by atoms with Crippen molar-refractivity contribution < 1.29 is 14.5 Å². The first kappa shape index (κ1) is 14.8. The molecular formula is C13H16N4O4. The number of carbonyl (C=O) groups is 2. The lowest BCUT2D eigenvalue weighted by molar-refractivity contribution is -0.384. The second-order valence-electron chi connectivity index (χ2n) is 5.15. The van der Waals surface area contributed by atoms with E-state index < -0.39 is 16.5 Å². The van der Waals surface area contributed by atoms with Crippen molar-refractivity contribution in [3.8, 4) is 0 Å². The van der Waals surface area contributed by atoms with Crippen molar-refractivity contribution in [2.24, 2.45) is 0 Å². The molecule has 0 aromatic heterocycles. The Bertz CT molecular complexity index is 631. The van der Waals surface area contributed by atoms with Crippen molar-refractivity contribution >= 4 is 23.3 Å². The number of amides is 3. The smallest absolute Gasteiger partial charge is 0.325 e. The molecule has 1 aromatic carbocycles. The van der Waals surface area contributed by atoms with Gasteiger partial charge in [0.25, 0.3) is 11.6 Å². The van der Waals surface area contributed by atoms with Crippen molar-refractivity contribution in [2.75, 3.05) is 5.73 Å². The maximum Gasteiger partial charge on any atom is 0.325 e. The topological polar surface area (TPSA) is 119 Å². The molecule has 1 aliphatic rings. The van der Waals surface area contributed by atoms with Gasteiger partial charge < -0.3 is 11.1 Å². The van der Waals surface area contributed by atoms with Crippen LogP contribution < -0.4 is 11.1 Å². The molecule has 1 aromatic rings. The number of rotatable bonds is 4. The summed E-state index contributed by atoms with van der Waals surface area (Å²) in [7, 11) is 0. The van der Waals surface area contributed by atoms with E-state index in [0.29, 0.717) is 17.7 Å². The van der Waals surface area contributed by atoms with Gasteiger partial charge in [0, 0.05) is 23.4 Å². The number of nitro benzene ring substituents is 1. The van der Waals surface area contributed by atoms with Gasteiger partial charge in [-0.2, -0.15) is 0 Å². The summed E-state index contributed by atoms with van der Waals surface area (Å²) in [5, 5.41) is 13.4. The quantitative estimate of drug-likeness (QED) is 0.376. The van der Waals surface area contributed by atoms with Gasteiger partial charge in [-0.3, -0.25) is 19.8 Å². The molecule has 8 heteroatoms. The third-order valence-electron chi connectivity index (χ3n) is 3.72. The lowest BCUT2D eigenvalue weighted by Crippen LogP contribution is -2.43. The monoisotopic (exact) mass is 292 g/mol. The number of nitrogen functional groups attached to an aromatic ring is 1. The number of nitrogens with two attached hydrogens (primary N) is 1. The molecule has 1 aliphatic heterocycles. The van der Waals surface area contributed by atoms with Crippen LogP contribution in [0.15, 0.2) is 18.2 Å². The Labute approximate surface area is 121 Å². The van der Waals surface area contributed by atoms with Crippen molar-refractivity contribution in [1.82, 2.24) is 10.2 Å². The zero-order valence-corrected chi connectivity index (χ0v) is 11.8. The van der Waals surface area contributed by atoms with Gasteiger partial charge in [-0.05, 0) is 19.4 Å². The standard InChI is InChI=1S/C13H16N4O4/c1-3-13(2)11(18)16(12(19)15-13)7-8-6-9(17(20)21)4-5-10(8)14/h4-6H,3,7,14H2,1-2H3,(H,15,19). The van der Waals surface area contributed by atoms with E-state index in [9.17, 15) is 19.7 Å². The van der Waals surface area contributed by atoms with Crippen LogP contribution in [-0.4, -0.2) is 27.3 Å². The number of non-ortho nitro benzene ring substituents is 1. The predicted octanol–water partition coefficient (Wildman–Crippen LogP) is 1.40. The van der Waals surface area contributed by atoms with Crippen LogP contribution in [0.4, 0.5) is 16.2 Å². The molecule has 1 fully saturated rings. The molecule has 1 unspecified atom stereocenters. The van der Waals surface area contributed by atoms with Gasteiger partial charge in [0.2, 0.25) is 0 Å². The van der Waals surface area contributed by atoms with Crippen molar-refractivity contribution in [3.05, 3.63) is 33.9 Å². The number of urea groups is 1. The van der Waals surface area contributed by atoms with Crippen molar-refractivity contribution in [1.29, 1.82) is 0 Å². The minimum absolute atomic E-state index is 0.0895. The molecule has 1 heterocycles. The molecule has 1 atom stereocenters. The van der Waals surface area contributed by atoms with E-state index in [1.54, 1.807) is 13.8 Å². The Morgan fingerprint density at radius 2 is 2.10 bits per heavy atom. The fraction of sp³-hybridized carbons (Fsp3) is 0.385. The van der Waals surface area contributed by atoms with Crippen molar-refractivity contribution in [2.45, 2.75) is 32.4 Å². The fourth-order valence-electron chi connectivity index (χ4n) is 2.14. The first-order valence-corrected chi connectivity index (χ1v) is 6.45. The summed E-state index contributed by atoms with van der Waals surface area (Å²) in [5.41, 5.74) is 5.36. The zero-order valence-electron chi connectivity index (χ0n) is 11.8. The molecule has 8 nitrogen and oxygen atoms in total. The van der Waals surface area contributed by atoms with E-state index in [1.165, 1.54) is 18.2 Å². The van der Waals surface area contributed by atoms with Crippen LogP contribution in [0.2, 0.25) is 0 Å². The molecule has 3 N–H and O–H groups in total. The van der Waals surface area contributed by atoms with E-state index in [2.05, 4.69) is 5.32 Å². The third-order valence-corrected chi connectivity index (χ3v) is 3.72. The van der Waals surface area contributed by atoms with Crippen LogP contribution in [0.5, 0.6) is 0 Å². The Balaban J connectivity index is 2.30. The molecule has 112 valence electrons. The third kappa shape index (κ3) is 2.51. The van der Waals surface area contributed by atoms with Crippen LogP contribution in [0.1, 0.15) is 25.8 Å². The van der Waals surface area contributed by atoms with Crippen molar-refractivity contribution in [3.63, 3.8) is 0 Å². The van der Waals surface area contributed by atoms with E-state index in [-0.39, 0.29) is 18.1 Å². The minimum Gasteiger partial charge on any atom is -0.398 e. The molecule has 0 saturated carbocycles. The number of nitro groups is 1. The number of hydrogen-bond donors (Lipinski definition) is 2. The maximum atomic E-state index is 12.3. The second-order valence-corrected chi connectivity index (χ2v) is 5.15. The largest absolute Gasteiger partial charge is 0.398 e. The number of nitrogens with one attached hydrogen (secondary N) is 1. The average Bonchev–Trinajstić information content (AvgIpc) is 2.65. The van der Waals surface area contributed by atoms with Gasteiger partial charge >= 0.3 is 6.03 Å². The Morgan fingerprint density at radius 1 is 1.43 bits per heavy atom. The SMILES string of the molecule is CCC1(C)NC(=O)N(Cc2cc([N+](=O)[O-])ccc2N)C1=O. The van der Waals surface area contributed by atoms with Crippen LogP contribution in [-0.2, 0) is 11.3 Å². The number of imide groups is 1. The first-order valence-electron chi connectivity index (χ1n) is 6.45. The van der Waals surface area contributed by atoms with E-state index in [1.807, 2.05) is 0 Å². The van der Waals surface area contributed by atoms with Crippen LogP contribution in [0, 0.1) is 10.1 Å². The van der Waals surface area contributed by atoms with E-state index in [4.69, 9.17) is 5.73 Å². The number of nitrogens with zero attached hydrogens (tertiary/aromatic N) is 2. The summed E-state index contributed by atoms with van der Waals surface area (Å²) >= 11 is 0. The molecule has 3 amide bonds. The summed E-state index contributed by atoms with van der Waals surface area (Å²) in [6.45, 7) is 3.35. The van der Waals surface area contributed by atoms with Gasteiger partial charge in [-0.1, -0.05) is 6.92 Å². The summed E-state index contributed by atoms with van der Waals surface area (Å²) < 4.78 is 0. The van der Waals surface area contributed by atoms with E-state index in [0.717, 1.165) is 4.90 Å². The highest BCUT2D eigenvalue weighted by Crippen LogP contribution is 2.26. The molecule has 0 spiro atoms. The van der Waals surface area contributed by atoms with E-state index >= 15 is 0 Å².